The predicted octanol–water partition coefficient (Wildman–Crippen LogP) is 3.59. The second-order valence-electron chi connectivity index (χ2n) is 6.67. The molecule has 4 rings (SSSR count). The fourth-order valence-electron chi connectivity index (χ4n) is 3.51. The van der Waals surface area contributed by atoms with E-state index in [1.165, 1.54) is 12.4 Å². The number of benzene rings is 1. The van der Waals surface area contributed by atoms with Gasteiger partial charge in [0.25, 0.3) is 5.91 Å². The Balaban J connectivity index is 1.60. The zero-order valence-electron chi connectivity index (χ0n) is 14.8. The van der Waals surface area contributed by atoms with Crippen molar-refractivity contribution < 1.29 is 9.18 Å². The molecule has 5 nitrogen and oxygen atoms in total. The van der Waals surface area contributed by atoms with Crippen molar-refractivity contribution in [3.05, 3.63) is 76.6 Å². The molecule has 0 aliphatic carbocycles. The van der Waals surface area contributed by atoms with Crippen LogP contribution in [0.5, 0.6) is 0 Å². The summed E-state index contributed by atoms with van der Waals surface area (Å²) in [5.74, 6) is -0.594. The van der Waals surface area contributed by atoms with Crippen LogP contribution < -0.4 is 0 Å². The number of aromatic amines is 1. The zero-order valence-corrected chi connectivity index (χ0v) is 14.8. The van der Waals surface area contributed by atoms with Crippen molar-refractivity contribution >= 4 is 5.91 Å². The van der Waals surface area contributed by atoms with Gasteiger partial charge in [0.2, 0.25) is 5.95 Å². The quantitative estimate of drug-likeness (QED) is 0.710. The van der Waals surface area contributed by atoms with E-state index in [1.54, 1.807) is 17.0 Å². The number of aromatic nitrogens is 2. The zero-order chi connectivity index (χ0) is 19.0. The summed E-state index contributed by atoms with van der Waals surface area (Å²) in [6.07, 6.45) is 3.69. The highest BCUT2D eigenvalue weighted by Gasteiger charge is 2.23. The topological polar surface area (TPSA) is 72.8 Å². The largest absolute Gasteiger partial charge is 0.356 e. The molecule has 0 bridgehead atoms. The van der Waals surface area contributed by atoms with Gasteiger partial charge in [-0.2, -0.15) is 9.65 Å². The average Bonchev–Trinajstić information content (AvgIpc) is 3.16. The molecule has 6 heteroatoms. The summed E-state index contributed by atoms with van der Waals surface area (Å²) in [5, 5.41) is 8.91. The standard InChI is InChI=1S/C21H17FN4O/c1-13-4-6-24-20(22)19(13)16-2-3-17-12-26(7-5-15(17)9-16)21(27)18-8-14(10-23)11-25-18/h2-4,6,8-9,11,25H,5,7,12H2,1H3. The minimum Gasteiger partial charge on any atom is -0.356 e. The van der Waals surface area contributed by atoms with Gasteiger partial charge in [-0.15, -0.1) is 0 Å². The van der Waals surface area contributed by atoms with Crippen molar-refractivity contribution in [1.82, 2.24) is 14.9 Å². The molecule has 3 heterocycles. The van der Waals surface area contributed by atoms with Crippen molar-refractivity contribution in [2.24, 2.45) is 0 Å². The lowest BCUT2D eigenvalue weighted by Crippen LogP contribution is -2.36. The molecule has 1 aliphatic rings. The minimum absolute atomic E-state index is 0.125. The van der Waals surface area contributed by atoms with Crippen LogP contribution in [0.4, 0.5) is 4.39 Å². The van der Waals surface area contributed by atoms with E-state index >= 15 is 0 Å². The fourth-order valence-corrected chi connectivity index (χ4v) is 3.51. The first-order chi connectivity index (χ1) is 13.1. The van der Waals surface area contributed by atoms with Gasteiger partial charge in [0.1, 0.15) is 11.8 Å². The minimum atomic E-state index is -0.470. The van der Waals surface area contributed by atoms with E-state index in [2.05, 4.69) is 9.97 Å². The third kappa shape index (κ3) is 3.08. The molecule has 3 aromatic rings. The van der Waals surface area contributed by atoms with E-state index in [0.717, 1.165) is 22.3 Å². The van der Waals surface area contributed by atoms with Crippen LogP contribution in [0.1, 0.15) is 32.7 Å². The molecule has 2 aromatic heterocycles. The van der Waals surface area contributed by atoms with Crippen molar-refractivity contribution in [2.45, 2.75) is 19.9 Å². The second-order valence-corrected chi connectivity index (χ2v) is 6.67. The van der Waals surface area contributed by atoms with Crippen molar-refractivity contribution in [3.63, 3.8) is 0 Å². The number of nitriles is 1. The van der Waals surface area contributed by atoms with Crippen LogP contribution >= 0.6 is 0 Å². The summed E-state index contributed by atoms with van der Waals surface area (Å²) >= 11 is 0. The van der Waals surface area contributed by atoms with Gasteiger partial charge in [-0.25, -0.2) is 4.98 Å². The molecular formula is C21H17FN4O. The maximum Gasteiger partial charge on any atom is 0.270 e. The average molecular weight is 360 g/mol. The number of nitrogens with one attached hydrogen (secondary N) is 1. The number of carbonyl (C=O) groups is 1. The highest BCUT2D eigenvalue weighted by Crippen LogP contribution is 2.30. The Kier molecular flexibility index (Phi) is 4.21. The van der Waals surface area contributed by atoms with E-state index in [4.69, 9.17) is 5.26 Å². The van der Waals surface area contributed by atoms with E-state index in [0.29, 0.717) is 36.3 Å². The van der Waals surface area contributed by atoms with Crippen molar-refractivity contribution in [3.8, 4) is 17.2 Å². The van der Waals surface area contributed by atoms with Gasteiger partial charge < -0.3 is 9.88 Å². The van der Waals surface area contributed by atoms with Crippen LogP contribution in [-0.4, -0.2) is 27.3 Å². The summed E-state index contributed by atoms with van der Waals surface area (Å²) in [7, 11) is 0. The Labute approximate surface area is 156 Å². The molecule has 0 unspecified atom stereocenters. The molecule has 27 heavy (non-hydrogen) atoms. The number of fused-ring (bicyclic) bond motifs is 1. The number of hydrogen-bond acceptors (Lipinski definition) is 3. The molecule has 0 saturated heterocycles. The third-order valence-electron chi connectivity index (χ3n) is 4.95. The van der Waals surface area contributed by atoms with Gasteiger partial charge in [0.15, 0.2) is 0 Å². The summed E-state index contributed by atoms with van der Waals surface area (Å²) in [6.45, 7) is 2.93. The first-order valence-corrected chi connectivity index (χ1v) is 8.68. The number of carbonyl (C=O) groups excluding carboxylic acids is 1. The lowest BCUT2D eigenvalue weighted by Gasteiger charge is -2.29. The Morgan fingerprint density at radius 3 is 2.89 bits per heavy atom. The van der Waals surface area contributed by atoms with E-state index < -0.39 is 5.95 Å². The first kappa shape index (κ1) is 17.0. The summed E-state index contributed by atoms with van der Waals surface area (Å²) in [5.41, 5.74) is 5.19. The Hall–Kier alpha value is -3.46. The Morgan fingerprint density at radius 2 is 2.15 bits per heavy atom. The van der Waals surface area contributed by atoms with Crippen LogP contribution in [0.2, 0.25) is 0 Å². The molecule has 0 radical (unpaired) electrons. The Bertz CT molecular complexity index is 1060. The van der Waals surface area contributed by atoms with E-state index in [-0.39, 0.29) is 5.91 Å². The molecule has 1 aliphatic heterocycles. The van der Waals surface area contributed by atoms with Crippen LogP contribution in [0.25, 0.3) is 11.1 Å². The number of aryl methyl sites for hydroxylation is 1. The van der Waals surface area contributed by atoms with Gasteiger partial charge in [-0.1, -0.05) is 18.2 Å². The summed E-state index contributed by atoms with van der Waals surface area (Å²) < 4.78 is 14.2. The summed E-state index contributed by atoms with van der Waals surface area (Å²) in [4.78, 5) is 21.0. The van der Waals surface area contributed by atoms with Crippen LogP contribution in [-0.2, 0) is 13.0 Å². The molecule has 1 N–H and O–H groups in total. The van der Waals surface area contributed by atoms with Gasteiger partial charge in [0.05, 0.1) is 5.56 Å². The molecule has 1 amide bonds. The molecule has 0 atom stereocenters. The maximum absolute atomic E-state index is 14.2. The molecule has 134 valence electrons. The number of pyridine rings is 1. The third-order valence-corrected chi connectivity index (χ3v) is 4.95. The number of H-pyrrole nitrogens is 1. The maximum atomic E-state index is 14.2. The highest BCUT2D eigenvalue weighted by atomic mass is 19.1. The van der Waals surface area contributed by atoms with Gasteiger partial charge in [0, 0.05) is 31.0 Å². The highest BCUT2D eigenvalue weighted by molar-refractivity contribution is 5.93. The van der Waals surface area contributed by atoms with Gasteiger partial charge in [-0.3, -0.25) is 4.79 Å². The summed E-state index contributed by atoms with van der Waals surface area (Å²) in [6, 6.07) is 11.2. The second kappa shape index (κ2) is 6.69. The molecular weight excluding hydrogens is 343 g/mol. The van der Waals surface area contributed by atoms with Crippen LogP contribution in [0, 0.1) is 24.2 Å². The van der Waals surface area contributed by atoms with E-state index in [9.17, 15) is 9.18 Å². The smallest absolute Gasteiger partial charge is 0.270 e. The number of halogens is 1. The molecule has 0 saturated carbocycles. The van der Waals surface area contributed by atoms with Gasteiger partial charge >= 0.3 is 0 Å². The molecule has 0 spiro atoms. The number of hydrogen-bond donors (Lipinski definition) is 1. The molecule has 1 aromatic carbocycles. The SMILES string of the molecule is Cc1ccnc(F)c1-c1ccc2c(c1)CCN(C(=O)c1cc(C#N)c[nH]1)C2. The van der Waals surface area contributed by atoms with Crippen LogP contribution in [0.15, 0.2) is 42.7 Å². The predicted molar refractivity (Wildman–Crippen MR) is 98.3 cm³/mol. The lowest BCUT2D eigenvalue weighted by molar-refractivity contribution is 0.0729. The Morgan fingerprint density at radius 1 is 1.30 bits per heavy atom. The fraction of sp³-hybridized carbons (Fsp3) is 0.190. The normalized spacial score (nSPS) is 13.1. The molecule has 0 fully saturated rings. The van der Waals surface area contributed by atoms with Crippen molar-refractivity contribution in [2.75, 3.05) is 6.54 Å². The monoisotopic (exact) mass is 360 g/mol. The van der Waals surface area contributed by atoms with Crippen molar-refractivity contribution in [1.29, 1.82) is 5.26 Å². The van der Waals surface area contributed by atoms with E-state index in [1.807, 2.05) is 31.2 Å². The number of rotatable bonds is 2. The van der Waals surface area contributed by atoms with Crippen LogP contribution in [0.3, 0.4) is 0 Å². The lowest BCUT2D eigenvalue weighted by atomic mass is 9.93. The first-order valence-electron chi connectivity index (χ1n) is 8.68. The number of amides is 1. The van der Waals surface area contributed by atoms with Gasteiger partial charge in [-0.05, 0) is 47.7 Å². The number of nitrogens with zero attached hydrogens (tertiary/aromatic N) is 3.